The molecule has 2 aliphatic rings. The summed E-state index contributed by atoms with van der Waals surface area (Å²) in [5.74, 6) is 0.420. The van der Waals surface area contributed by atoms with Crippen molar-refractivity contribution in [3.63, 3.8) is 0 Å². The third kappa shape index (κ3) is 5.67. The first-order chi connectivity index (χ1) is 21.5. The molecule has 1 aliphatic heterocycles. The monoisotopic (exact) mass is 573 g/mol. The van der Waals surface area contributed by atoms with Gasteiger partial charge in [-0.3, -0.25) is 0 Å². The lowest BCUT2D eigenvalue weighted by atomic mass is 9.87. The summed E-state index contributed by atoms with van der Waals surface area (Å²) < 4.78 is 0. The Balaban J connectivity index is 0.000000261. The number of anilines is 1. The Labute approximate surface area is 263 Å². The van der Waals surface area contributed by atoms with Gasteiger partial charge in [0.25, 0.3) is 0 Å². The quantitative estimate of drug-likeness (QED) is 0.207. The summed E-state index contributed by atoms with van der Waals surface area (Å²) in [4.78, 5) is 2.59. The zero-order chi connectivity index (χ0) is 30.6. The fourth-order valence-corrected chi connectivity index (χ4v) is 6.99. The van der Waals surface area contributed by atoms with Gasteiger partial charge in [0.05, 0.1) is 6.04 Å². The van der Waals surface area contributed by atoms with E-state index >= 15 is 0 Å². The first kappa shape index (κ1) is 29.5. The Kier molecular flexibility index (Phi) is 8.66. The van der Waals surface area contributed by atoms with Crippen molar-refractivity contribution in [2.24, 2.45) is 0 Å². The van der Waals surface area contributed by atoms with Gasteiger partial charge < -0.3 is 4.90 Å². The number of allylic oxidation sites excluding steroid dienone is 4. The molecule has 1 aliphatic carbocycles. The highest BCUT2D eigenvalue weighted by atomic mass is 15.2. The smallest absolute Gasteiger partial charge is 0.0592 e. The minimum atomic E-state index is 0.347. The van der Waals surface area contributed by atoms with Crippen molar-refractivity contribution in [1.82, 2.24) is 0 Å². The lowest BCUT2D eigenvalue weighted by Gasteiger charge is -2.31. The summed E-state index contributed by atoms with van der Waals surface area (Å²) in [5, 5.41) is 2.64. The van der Waals surface area contributed by atoms with Gasteiger partial charge in [-0.2, -0.15) is 0 Å². The highest BCUT2D eigenvalue weighted by molar-refractivity contribution is 5.99. The molecule has 0 N–H and O–H groups in total. The Morgan fingerprint density at radius 1 is 0.727 bits per heavy atom. The van der Waals surface area contributed by atoms with Crippen molar-refractivity contribution >= 4 is 22.0 Å². The molecule has 5 aromatic carbocycles. The normalized spacial score (nSPS) is 18.2. The standard InChI is InChI=1S/C32H33N.C11H10/c1-5-27-29(6-2)33(26-17-12-16-25(21-26)24-14-8-7-9-15-24)30-20-19-23(4)31(32(27)30)28-18-11-10-13-22(28)3;1-9-6-7-10-4-2-3-5-11(10)8-9/h5,7-15,17-21,25,29H,6,16H2,1-4H3;2-8H,1H3/b27-5+;. The zero-order valence-electron chi connectivity index (χ0n) is 26.7. The molecule has 0 bridgehead atoms. The highest BCUT2D eigenvalue weighted by Crippen LogP contribution is 2.50. The number of benzene rings is 5. The predicted molar refractivity (Wildman–Crippen MR) is 191 cm³/mol. The summed E-state index contributed by atoms with van der Waals surface area (Å²) >= 11 is 0. The van der Waals surface area contributed by atoms with Gasteiger partial charge in [0, 0.05) is 22.9 Å². The number of hydrogen-bond acceptors (Lipinski definition) is 1. The Hall–Kier alpha value is -4.62. The average Bonchev–Trinajstić information content (AvgIpc) is 3.39. The molecule has 0 saturated carbocycles. The second kappa shape index (κ2) is 12.9. The van der Waals surface area contributed by atoms with E-state index in [1.54, 1.807) is 0 Å². The number of nitrogens with zero attached hydrogens (tertiary/aromatic N) is 1. The molecule has 2 unspecified atom stereocenters. The van der Waals surface area contributed by atoms with Crippen LogP contribution in [0.15, 0.2) is 139 Å². The molecular weight excluding hydrogens is 530 g/mol. The van der Waals surface area contributed by atoms with E-state index in [1.165, 1.54) is 66.7 Å². The van der Waals surface area contributed by atoms with E-state index in [4.69, 9.17) is 0 Å². The Bertz CT molecular complexity index is 1870. The summed E-state index contributed by atoms with van der Waals surface area (Å²) in [6.07, 6.45) is 11.6. The van der Waals surface area contributed by atoms with Crippen LogP contribution in [-0.2, 0) is 0 Å². The van der Waals surface area contributed by atoms with Crippen molar-refractivity contribution < 1.29 is 0 Å². The summed E-state index contributed by atoms with van der Waals surface area (Å²) in [6, 6.07) is 39.6. The lowest BCUT2D eigenvalue weighted by Crippen LogP contribution is -2.30. The minimum absolute atomic E-state index is 0.347. The van der Waals surface area contributed by atoms with E-state index in [2.05, 4.69) is 173 Å². The second-order valence-corrected chi connectivity index (χ2v) is 12.1. The van der Waals surface area contributed by atoms with Gasteiger partial charge in [-0.1, -0.05) is 134 Å². The van der Waals surface area contributed by atoms with Crippen molar-refractivity contribution in [1.29, 1.82) is 0 Å². The molecule has 1 heteroatoms. The fourth-order valence-electron chi connectivity index (χ4n) is 6.99. The van der Waals surface area contributed by atoms with Gasteiger partial charge >= 0.3 is 0 Å². The van der Waals surface area contributed by atoms with Crippen LogP contribution in [-0.4, -0.2) is 6.04 Å². The maximum Gasteiger partial charge on any atom is 0.0592 e. The molecule has 0 spiro atoms. The summed E-state index contributed by atoms with van der Waals surface area (Å²) in [6.45, 7) is 11.1. The maximum atomic E-state index is 2.59. The van der Waals surface area contributed by atoms with E-state index in [0.717, 1.165) is 12.8 Å². The maximum absolute atomic E-state index is 2.59. The first-order valence-electron chi connectivity index (χ1n) is 16.0. The van der Waals surface area contributed by atoms with Crippen LogP contribution in [0.1, 0.15) is 60.4 Å². The van der Waals surface area contributed by atoms with Crippen LogP contribution in [0.25, 0.3) is 27.5 Å². The van der Waals surface area contributed by atoms with Crippen LogP contribution >= 0.6 is 0 Å². The number of aryl methyl sites for hydroxylation is 3. The van der Waals surface area contributed by atoms with Gasteiger partial charge in [0.15, 0.2) is 0 Å². The van der Waals surface area contributed by atoms with Gasteiger partial charge in [-0.05, 0) is 96.8 Å². The molecule has 2 atom stereocenters. The van der Waals surface area contributed by atoms with E-state index in [1.807, 2.05) is 0 Å². The van der Waals surface area contributed by atoms with Crippen LogP contribution < -0.4 is 4.90 Å². The second-order valence-electron chi connectivity index (χ2n) is 12.1. The molecule has 0 saturated heterocycles. The van der Waals surface area contributed by atoms with Gasteiger partial charge in [0.2, 0.25) is 0 Å². The van der Waals surface area contributed by atoms with E-state index in [-0.39, 0.29) is 0 Å². The van der Waals surface area contributed by atoms with Crippen molar-refractivity contribution in [3.05, 3.63) is 167 Å². The molecule has 1 nitrogen and oxygen atoms in total. The number of rotatable bonds is 4. The molecule has 5 aromatic rings. The molecule has 0 radical (unpaired) electrons. The molecule has 220 valence electrons. The molecular formula is C43H43N. The topological polar surface area (TPSA) is 3.24 Å². The fraction of sp³-hybridized carbons (Fsp3) is 0.209. The highest BCUT2D eigenvalue weighted by Gasteiger charge is 2.37. The predicted octanol–water partition coefficient (Wildman–Crippen LogP) is 11.7. The van der Waals surface area contributed by atoms with E-state index in [0.29, 0.717) is 12.0 Å². The Morgan fingerprint density at radius 3 is 2.20 bits per heavy atom. The lowest BCUT2D eigenvalue weighted by molar-refractivity contribution is 0.748. The first-order valence-corrected chi connectivity index (χ1v) is 16.0. The molecule has 7 rings (SSSR count). The summed E-state index contributed by atoms with van der Waals surface area (Å²) in [5.41, 5.74) is 13.6. The average molecular weight is 574 g/mol. The van der Waals surface area contributed by atoms with Crippen LogP contribution in [0.3, 0.4) is 0 Å². The van der Waals surface area contributed by atoms with E-state index in [9.17, 15) is 0 Å². The minimum Gasteiger partial charge on any atom is -0.334 e. The van der Waals surface area contributed by atoms with Crippen molar-refractivity contribution in [2.75, 3.05) is 4.90 Å². The molecule has 44 heavy (non-hydrogen) atoms. The van der Waals surface area contributed by atoms with Gasteiger partial charge in [0.1, 0.15) is 0 Å². The van der Waals surface area contributed by atoms with Crippen LogP contribution in [0.5, 0.6) is 0 Å². The molecule has 1 heterocycles. The number of fused-ring (bicyclic) bond motifs is 2. The zero-order valence-corrected chi connectivity index (χ0v) is 26.7. The summed E-state index contributed by atoms with van der Waals surface area (Å²) in [7, 11) is 0. The van der Waals surface area contributed by atoms with E-state index < -0.39 is 0 Å². The largest absolute Gasteiger partial charge is 0.334 e. The van der Waals surface area contributed by atoms with Gasteiger partial charge in [-0.25, -0.2) is 0 Å². The SMILES string of the molecule is C/C=C1/c2c(ccc(C)c2-c2ccccc2C)N(C2=CC(c3ccccc3)CC=C2)C1CC.Cc1ccc2ccccc2c1. The van der Waals surface area contributed by atoms with Crippen molar-refractivity contribution in [2.45, 2.75) is 59.4 Å². The Morgan fingerprint density at radius 2 is 1.45 bits per heavy atom. The third-order valence-corrected chi connectivity index (χ3v) is 9.18. The third-order valence-electron chi connectivity index (χ3n) is 9.18. The molecule has 0 amide bonds. The van der Waals surface area contributed by atoms with Crippen LogP contribution in [0, 0.1) is 20.8 Å². The van der Waals surface area contributed by atoms with Crippen LogP contribution in [0.4, 0.5) is 5.69 Å². The number of hydrogen-bond donors (Lipinski definition) is 0. The van der Waals surface area contributed by atoms with Crippen molar-refractivity contribution in [3.8, 4) is 11.1 Å². The van der Waals surface area contributed by atoms with Crippen LogP contribution in [0.2, 0.25) is 0 Å². The van der Waals surface area contributed by atoms with Gasteiger partial charge in [-0.15, -0.1) is 0 Å². The molecule has 0 fully saturated rings. The molecule has 0 aromatic heterocycles.